The number of carbonyl (C=O) groups is 1. The topological polar surface area (TPSA) is 92.9 Å². The zero-order valence-corrected chi connectivity index (χ0v) is 19.5. The first-order valence-electron chi connectivity index (χ1n) is 10.5. The van der Waals surface area contributed by atoms with Crippen molar-refractivity contribution in [3.05, 3.63) is 81.6 Å². The molecule has 0 atom stereocenters. The maximum absolute atomic E-state index is 12.9. The number of fused-ring (bicyclic) bond motifs is 1. The van der Waals surface area contributed by atoms with Crippen molar-refractivity contribution in [2.24, 2.45) is 0 Å². The van der Waals surface area contributed by atoms with Gasteiger partial charge in [-0.05, 0) is 24.6 Å². The van der Waals surface area contributed by atoms with Crippen molar-refractivity contribution in [1.82, 2.24) is 20.3 Å². The van der Waals surface area contributed by atoms with Crippen molar-refractivity contribution >= 4 is 44.6 Å². The van der Waals surface area contributed by atoms with E-state index in [-0.39, 0.29) is 5.91 Å². The van der Waals surface area contributed by atoms with Crippen LogP contribution in [0.25, 0.3) is 21.5 Å². The Morgan fingerprint density at radius 1 is 1.12 bits per heavy atom. The van der Waals surface area contributed by atoms with Crippen LogP contribution in [0.5, 0.6) is 0 Å². The van der Waals surface area contributed by atoms with Crippen LogP contribution in [0.15, 0.2) is 64.9 Å². The molecule has 33 heavy (non-hydrogen) atoms. The molecule has 0 aliphatic rings. The molecule has 0 saturated carbocycles. The minimum absolute atomic E-state index is 0.104. The van der Waals surface area contributed by atoms with E-state index in [1.807, 2.05) is 49.4 Å². The average Bonchev–Trinajstić information content (AvgIpc) is 3.59. The molecule has 0 bridgehead atoms. The molecule has 0 aliphatic heterocycles. The number of hydrogen-bond donors (Lipinski definition) is 2. The number of amides is 1. The van der Waals surface area contributed by atoms with Crippen LogP contribution < -0.4 is 10.6 Å². The molecule has 9 heteroatoms. The summed E-state index contributed by atoms with van der Waals surface area (Å²) in [5, 5.41) is 10.2. The van der Waals surface area contributed by atoms with Crippen LogP contribution in [0.4, 0.5) is 5.82 Å². The highest BCUT2D eigenvalue weighted by Gasteiger charge is 2.19. The Labute approximate surface area is 198 Å². The highest BCUT2D eigenvalue weighted by molar-refractivity contribution is 7.20. The Balaban J connectivity index is 1.25. The van der Waals surface area contributed by atoms with Crippen LogP contribution in [0.2, 0.25) is 0 Å². The van der Waals surface area contributed by atoms with E-state index >= 15 is 0 Å². The maximum Gasteiger partial charge on any atom is 0.261 e. The van der Waals surface area contributed by atoms with E-state index in [4.69, 9.17) is 9.40 Å². The number of thiazole rings is 1. The molecule has 2 N–H and O–H groups in total. The standard InChI is InChI=1S/C24H21N5O2S2/c1-15-20-22(26-12-17-8-5-11-31-17)27-14-28-24(20)33-21(15)23(30)25-10-9-19-29-18(13-32-19)16-6-3-2-4-7-16/h2-8,11,13-14H,9-10,12H2,1H3,(H,25,30)(H,26,27,28). The van der Waals surface area contributed by atoms with Crippen LogP contribution in [-0.4, -0.2) is 27.4 Å². The van der Waals surface area contributed by atoms with Gasteiger partial charge in [0.1, 0.15) is 22.7 Å². The van der Waals surface area contributed by atoms with Gasteiger partial charge in [-0.3, -0.25) is 4.79 Å². The summed E-state index contributed by atoms with van der Waals surface area (Å²) in [5.41, 5.74) is 2.94. The normalized spacial score (nSPS) is 11.1. The molecule has 4 heterocycles. The lowest BCUT2D eigenvalue weighted by Gasteiger charge is -2.06. The molecular formula is C24H21N5O2S2. The van der Waals surface area contributed by atoms with Gasteiger partial charge in [-0.2, -0.15) is 0 Å². The van der Waals surface area contributed by atoms with E-state index in [2.05, 4.69) is 26.0 Å². The number of thiophene rings is 1. The van der Waals surface area contributed by atoms with E-state index in [1.165, 1.54) is 17.7 Å². The van der Waals surface area contributed by atoms with Gasteiger partial charge in [0.15, 0.2) is 0 Å². The van der Waals surface area contributed by atoms with Gasteiger partial charge >= 0.3 is 0 Å². The first kappa shape index (κ1) is 21.3. The van der Waals surface area contributed by atoms with E-state index in [1.54, 1.807) is 17.6 Å². The average molecular weight is 476 g/mol. The van der Waals surface area contributed by atoms with Crippen molar-refractivity contribution in [2.75, 3.05) is 11.9 Å². The fourth-order valence-electron chi connectivity index (χ4n) is 3.54. The number of rotatable bonds is 8. The summed E-state index contributed by atoms with van der Waals surface area (Å²) in [7, 11) is 0. The molecule has 0 aliphatic carbocycles. The molecule has 5 rings (SSSR count). The number of carbonyl (C=O) groups excluding carboxylic acids is 1. The Hall–Kier alpha value is -3.56. The number of furan rings is 1. The highest BCUT2D eigenvalue weighted by atomic mass is 32.1. The fourth-order valence-corrected chi connectivity index (χ4v) is 5.41. The molecule has 0 fully saturated rings. The Morgan fingerprint density at radius 2 is 2.00 bits per heavy atom. The molecule has 0 spiro atoms. The predicted molar refractivity (Wildman–Crippen MR) is 132 cm³/mol. The number of nitrogens with zero attached hydrogens (tertiary/aromatic N) is 3. The fraction of sp³-hybridized carbons (Fsp3) is 0.167. The summed E-state index contributed by atoms with van der Waals surface area (Å²) in [6, 6.07) is 13.8. The van der Waals surface area contributed by atoms with Crippen molar-refractivity contribution in [1.29, 1.82) is 0 Å². The SMILES string of the molecule is Cc1c(C(=O)NCCc2nc(-c3ccccc3)cs2)sc2ncnc(NCc3ccco3)c12. The van der Waals surface area contributed by atoms with Crippen molar-refractivity contribution in [3.8, 4) is 11.3 Å². The van der Waals surface area contributed by atoms with Crippen LogP contribution >= 0.6 is 22.7 Å². The largest absolute Gasteiger partial charge is 0.467 e. The Bertz CT molecular complexity index is 1380. The summed E-state index contributed by atoms with van der Waals surface area (Å²) in [6.45, 7) is 2.96. The molecule has 7 nitrogen and oxygen atoms in total. The zero-order valence-electron chi connectivity index (χ0n) is 17.9. The predicted octanol–water partition coefficient (Wildman–Crippen LogP) is 5.30. The van der Waals surface area contributed by atoms with Gasteiger partial charge in [-0.1, -0.05) is 30.3 Å². The minimum atomic E-state index is -0.104. The molecule has 5 aromatic rings. The maximum atomic E-state index is 12.9. The molecule has 166 valence electrons. The van der Waals surface area contributed by atoms with Gasteiger partial charge in [-0.15, -0.1) is 22.7 Å². The van der Waals surface area contributed by atoms with Crippen LogP contribution in [0.1, 0.15) is 26.0 Å². The monoisotopic (exact) mass is 475 g/mol. The lowest BCUT2D eigenvalue weighted by atomic mass is 10.2. The summed E-state index contributed by atoms with van der Waals surface area (Å²) in [4.78, 5) is 27.8. The van der Waals surface area contributed by atoms with Crippen molar-refractivity contribution in [3.63, 3.8) is 0 Å². The van der Waals surface area contributed by atoms with Gasteiger partial charge < -0.3 is 15.1 Å². The summed E-state index contributed by atoms with van der Waals surface area (Å²) in [5.74, 6) is 1.40. The van der Waals surface area contributed by atoms with Gasteiger partial charge in [0.05, 0.1) is 33.8 Å². The van der Waals surface area contributed by atoms with E-state index < -0.39 is 0 Å². The second-order valence-corrected chi connectivity index (χ2v) is 9.33. The summed E-state index contributed by atoms with van der Waals surface area (Å²) < 4.78 is 5.38. The van der Waals surface area contributed by atoms with Gasteiger partial charge in [0.25, 0.3) is 5.91 Å². The molecule has 4 aromatic heterocycles. The summed E-state index contributed by atoms with van der Waals surface area (Å²) >= 11 is 2.99. The van der Waals surface area contributed by atoms with Gasteiger partial charge in [0, 0.05) is 23.9 Å². The lowest BCUT2D eigenvalue weighted by Crippen LogP contribution is -2.25. The second-order valence-electron chi connectivity index (χ2n) is 7.39. The number of hydrogen-bond acceptors (Lipinski definition) is 8. The number of anilines is 1. The Morgan fingerprint density at radius 3 is 2.82 bits per heavy atom. The minimum Gasteiger partial charge on any atom is -0.467 e. The quantitative estimate of drug-likeness (QED) is 0.316. The third-order valence-corrected chi connectivity index (χ3v) is 7.30. The van der Waals surface area contributed by atoms with Crippen LogP contribution in [-0.2, 0) is 13.0 Å². The molecule has 0 radical (unpaired) electrons. The molecule has 0 saturated heterocycles. The number of nitrogens with one attached hydrogen (secondary N) is 2. The Kier molecular flexibility index (Phi) is 6.14. The van der Waals surface area contributed by atoms with E-state index in [0.717, 1.165) is 37.8 Å². The first-order chi connectivity index (χ1) is 16.2. The number of benzene rings is 1. The highest BCUT2D eigenvalue weighted by Crippen LogP contribution is 2.33. The number of aryl methyl sites for hydroxylation is 1. The third kappa shape index (κ3) is 4.64. The van der Waals surface area contributed by atoms with E-state index in [0.29, 0.717) is 30.2 Å². The van der Waals surface area contributed by atoms with Crippen molar-refractivity contribution in [2.45, 2.75) is 19.9 Å². The lowest BCUT2D eigenvalue weighted by molar-refractivity contribution is 0.0957. The van der Waals surface area contributed by atoms with Crippen LogP contribution in [0.3, 0.4) is 0 Å². The molecule has 1 aromatic carbocycles. The van der Waals surface area contributed by atoms with Gasteiger partial charge in [-0.25, -0.2) is 15.0 Å². The smallest absolute Gasteiger partial charge is 0.261 e. The van der Waals surface area contributed by atoms with Crippen molar-refractivity contribution < 1.29 is 9.21 Å². The molecular weight excluding hydrogens is 454 g/mol. The third-order valence-electron chi connectivity index (χ3n) is 5.19. The van der Waals surface area contributed by atoms with Gasteiger partial charge in [0.2, 0.25) is 0 Å². The summed E-state index contributed by atoms with van der Waals surface area (Å²) in [6.07, 6.45) is 3.83. The van der Waals surface area contributed by atoms with E-state index in [9.17, 15) is 4.79 Å². The second kappa shape index (κ2) is 9.51. The molecule has 0 unspecified atom stereocenters. The first-order valence-corrected chi connectivity index (χ1v) is 12.2. The zero-order chi connectivity index (χ0) is 22.6. The number of aromatic nitrogens is 3. The molecule has 1 amide bonds. The van der Waals surface area contributed by atoms with Crippen LogP contribution in [0, 0.1) is 6.92 Å².